The van der Waals surface area contributed by atoms with Gasteiger partial charge in [0, 0.05) is 23.4 Å². The molecule has 8 heteroatoms. The predicted octanol–water partition coefficient (Wildman–Crippen LogP) is 3.01. The zero-order chi connectivity index (χ0) is 22.0. The third-order valence-corrected chi connectivity index (χ3v) is 5.13. The van der Waals surface area contributed by atoms with Crippen molar-refractivity contribution in [1.82, 2.24) is 15.2 Å². The van der Waals surface area contributed by atoms with Gasteiger partial charge in [0.1, 0.15) is 18.2 Å². The van der Waals surface area contributed by atoms with Crippen molar-refractivity contribution >= 4 is 22.7 Å². The molecule has 1 aromatic heterocycles. The first kappa shape index (κ1) is 20.3. The van der Waals surface area contributed by atoms with Crippen molar-refractivity contribution in [3.8, 4) is 23.5 Å². The second-order valence-electron chi connectivity index (χ2n) is 7.15. The third kappa shape index (κ3) is 3.78. The molecule has 7 nitrogen and oxygen atoms in total. The maximum atomic E-state index is 13.4. The van der Waals surface area contributed by atoms with Gasteiger partial charge in [0.2, 0.25) is 0 Å². The SMILES string of the molecule is CCC#CCOc1ccc2c(O)n(C[C@@]3(c4ccc(F)cc4)NC(=O)NC3=O)cc2c1. The molecule has 0 spiro atoms. The Morgan fingerprint density at radius 2 is 1.94 bits per heavy atom. The van der Waals surface area contributed by atoms with E-state index >= 15 is 0 Å². The van der Waals surface area contributed by atoms with Crippen LogP contribution in [0.3, 0.4) is 0 Å². The zero-order valence-corrected chi connectivity index (χ0v) is 16.7. The lowest BCUT2D eigenvalue weighted by atomic mass is 9.89. The molecule has 158 valence electrons. The Morgan fingerprint density at radius 3 is 2.61 bits per heavy atom. The van der Waals surface area contributed by atoms with E-state index in [9.17, 15) is 19.1 Å². The number of ether oxygens (including phenoxy) is 1. The van der Waals surface area contributed by atoms with Crippen LogP contribution < -0.4 is 15.4 Å². The number of amides is 3. The summed E-state index contributed by atoms with van der Waals surface area (Å²) in [5.41, 5.74) is -1.10. The van der Waals surface area contributed by atoms with E-state index in [1.54, 1.807) is 24.4 Å². The molecule has 0 radical (unpaired) electrons. The molecule has 0 unspecified atom stereocenters. The van der Waals surface area contributed by atoms with Crippen LogP contribution in [-0.2, 0) is 16.9 Å². The van der Waals surface area contributed by atoms with Gasteiger partial charge in [-0.05, 0) is 35.9 Å². The molecule has 1 fully saturated rings. The molecular formula is C23H20FN3O4. The highest BCUT2D eigenvalue weighted by atomic mass is 19.1. The van der Waals surface area contributed by atoms with Gasteiger partial charge in [0.25, 0.3) is 5.91 Å². The van der Waals surface area contributed by atoms with Crippen molar-refractivity contribution < 1.29 is 23.8 Å². The maximum absolute atomic E-state index is 13.4. The minimum Gasteiger partial charge on any atom is -0.494 e. The Labute approximate surface area is 177 Å². The van der Waals surface area contributed by atoms with E-state index in [1.807, 2.05) is 6.92 Å². The van der Waals surface area contributed by atoms with Gasteiger partial charge < -0.3 is 19.7 Å². The van der Waals surface area contributed by atoms with Gasteiger partial charge in [0.15, 0.2) is 11.4 Å². The summed E-state index contributed by atoms with van der Waals surface area (Å²) in [6.45, 7) is 2.12. The van der Waals surface area contributed by atoms with Gasteiger partial charge in [-0.15, -0.1) is 5.92 Å². The molecule has 3 amide bonds. The van der Waals surface area contributed by atoms with E-state index in [0.29, 0.717) is 22.1 Å². The zero-order valence-electron chi connectivity index (χ0n) is 16.7. The topological polar surface area (TPSA) is 92.6 Å². The number of halogens is 1. The van der Waals surface area contributed by atoms with E-state index in [2.05, 4.69) is 22.5 Å². The summed E-state index contributed by atoms with van der Waals surface area (Å²) >= 11 is 0. The predicted molar refractivity (Wildman–Crippen MR) is 112 cm³/mol. The lowest BCUT2D eigenvalue weighted by Crippen LogP contribution is -2.47. The van der Waals surface area contributed by atoms with Gasteiger partial charge >= 0.3 is 6.03 Å². The molecule has 3 aromatic rings. The quantitative estimate of drug-likeness (QED) is 0.436. The van der Waals surface area contributed by atoms with E-state index in [4.69, 9.17) is 4.74 Å². The van der Waals surface area contributed by atoms with Crippen LogP contribution in [0.4, 0.5) is 9.18 Å². The van der Waals surface area contributed by atoms with Crippen LogP contribution in [0.2, 0.25) is 0 Å². The summed E-state index contributed by atoms with van der Waals surface area (Å²) in [4.78, 5) is 24.7. The Balaban J connectivity index is 1.69. The normalized spacial score (nSPS) is 17.7. The molecule has 1 saturated heterocycles. The molecule has 0 bridgehead atoms. The van der Waals surface area contributed by atoms with Crippen molar-refractivity contribution in [3.63, 3.8) is 0 Å². The van der Waals surface area contributed by atoms with Crippen molar-refractivity contribution in [2.45, 2.75) is 25.4 Å². The van der Waals surface area contributed by atoms with Gasteiger partial charge in [-0.3, -0.25) is 10.1 Å². The molecular weight excluding hydrogens is 401 g/mol. The summed E-state index contributed by atoms with van der Waals surface area (Å²) in [5, 5.41) is 16.8. The lowest BCUT2D eigenvalue weighted by Gasteiger charge is -2.27. The van der Waals surface area contributed by atoms with Crippen molar-refractivity contribution in [2.75, 3.05) is 6.61 Å². The monoisotopic (exact) mass is 421 g/mol. The smallest absolute Gasteiger partial charge is 0.322 e. The van der Waals surface area contributed by atoms with E-state index in [1.165, 1.54) is 28.8 Å². The number of hydrogen-bond acceptors (Lipinski definition) is 4. The molecule has 4 rings (SSSR count). The fourth-order valence-electron chi connectivity index (χ4n) is 3.63. The van der Waals surface area contributed by atoms with Crippen molar-refractivity contribution in [1.29, 1.82) is 0 Å². The number of urea groups is 1. The summed E-state index contributed by atoms with van der Waals surface area (Å²) in [6.07, 6.45) is 2.41. The van der Waals surface area contributed by atoms with Gasteiger partial charge in [-0.2, -0.15) is 0 Å². The molecule has 1 aliphatic heterocycles. The number of carbonyl (C=O) groups excluding carboxylic acids is 2. The molecule has 2 heterocycles. The average Bonchev–Trinajstić information content (AvgIpc) is 3.21. The fraction of sp³-hybridized carbons (Fsp3) is 0.217. The van der Waals surface area contributed by atoms with E-state index in [0.717, 1.165) is 6.42 Å². The number of aromatic nitrogens is 1. The number of carbonyl (C=O) groups is 2. The molecule has 2 aromatic carbocycles. The number of fused-ring (bicyclic) bond motifs is 1. The number of hydrogen-bond donors (Lipinski definition) is 3. The number of rotatable bonds is 5. The van der Waals surface area contributed by atoms with Gasteiger partial charge in [-0.25, -0.2) is 9.18 Å². The Kier molecular flexibility index (Phi) is 5.26. The Morgan fingerprint density at radius 1 is 1.16 bits per heavy atom. The van der Waals surface area contributed by atoms with Crippen LogP contribution in [0.5, 0.6) is 11.6 Å². The first-order chi connectivity index (χ1) is 14.9. The Bertz CT molecular complexity index is 1220. The second-order valence-corrected chi connectivity index (χ2v) is 7.15. The lowest BCUT2D eigenvalue weighted by molar-refractivity contribution is -0.124. The second kappa shape index (κ2) is 8.03. The fourth-order valence-corrected chi connectivity index (χ4v) is 3.63. The van der Waals surface area contributed by atoms with Gasteiger partial charge in [0.05, 0.1) is 6.54 Å². The van der Waals surface area contributed by atoms with Gasteiger partial charge in [-0.1, -0.05) is 25.0 Å². The van der Waals surface area contributed by atoms with Crippen LogP contribution in [0.25, 0.3) is 10.8 Å². The number of benzene rings is 2. The number of imide groups is 1. The van der Waals surface area contributed by atoms with E-state index in [-0.39, 0.29) is 19.0 Å². The summed E-state index contributed by atoms with van der Waals surface area (Å²) < 4.78 is 20.5. The molecule has 1 atom stereocenters. The molecule has 31 heavy (non-hydrogen) atoms. The van der Waals surface area contributed by atoms with Crippen LogP contribution >= 0.6 is 0 Å². The Hall–Kier alpha value is -3.99. The first-order valence-electron chi connectivity index (χ1n) is 9.73. The average molecular weight is 421 g/mol. The minimum absolute atomic E-state index is 0.0669. The largest absolute Gasteiger partial charge is 0.494 e. The minimum atomic E-state index is -1.49. The van der Waals surface area contributed by atoms with Crippen LogP contribution in [-0.4, -0.2) is 28.2 Å². The summed E-state index contributed by atoms with van der Waals surface area (Å²) in [7, 11) is 0. The highest BCUT2D eigenvalue weighted by molar-refractivity contribution is 6.07. The summed E-state index contributed by atoms with van der Waals surface area (Å²) in [5.74, 6) is 5.30. The number of nitrogens with zero attached hydrogens (tertiary/aromatic N) is 1. The standard InChI is InChI=1S/C23H20FN3O4/c1-2-3-4-11-31-18-9-10-19-15(12-18)13-27(20(19)28)14-23(21(29)25-22(30)26-23)16-5-7-17(24)8-6-16/h5-10,12-13,28H,2,11,14H2,1H3,(H2,25,26,29,30)/t23-/m0/s1. The van der Waals surface area contributed by atoms with Crippen molar-refractivity contribution in [2.24, 2.45) is 0 Å². The molecule has 0 saturated carbocycles. The van der Waals surface area contributed by atoms with Crippen LogP contribution in [0.1, 0.15) is 18.9 Å². The third-order valence-electron chi connectivity index (χ3n) is 5.13. The highest BCUT2D eigenvalue weighted by Gasteiger charge is 2.48. The highest BCUT2D eigenvalue weighted by Crippen LogP contribution is 2.34. The summed E-state index contributed by atoms with van der Waals surface area (Å²) in [6, 6.07) is 9.83. The molecule has 0 aliphatic carbocycles. The first-order valence-corrected chi connectivity index (χ1v) is 9.73. The maximum Gasteiger partial charge on any atom is 0.322 e. The number of aromatic hydroxyl groups is 1. The van der Waals surface area contributed by atoms with Crippen molar-refractivity contribution in [3.05, 3.63) is 60.0 Å². The van der Waals surface area contributed by atoms with Crippen LogP contribution in [0, 0.1) is 17.7 Å². The van der Waals surface area contributed by atoms with E-state index < -0.39 is 23.3 Å². The molecule has 3 N–H and O–H groups in total. The number of nitrogens with one attached hydrogen (secondary N) is 2. The van der Waals surface area contributed by atoms with Crippen LogP contribution in [0.15, 0.2) is 48.7 Å². The molecule has 1 aliphatic rings.